The van der Waals surface area contributed by atoms with E-state index >= 15 is 0 Å². The second-order valence-corrected chi connectivity index (χ2v) is 7.39. The standard InChI is InChI=1S/C15H17BrClN5S.HI/c16-12-2-1-11(13(17)9-12)10-20-14(18)21-4-6-22(7-5-21)15-19-3-8-23-15;/h1-3,8-9H,4-7,10H2,(H2,18,20);1H. The van der Waals surface area contributed by atoms with Crippen LogP contribution in [0.5, 0.6) is 0 Å². The fourth-order valence-electron chi connectivity index (χ4n) is 2.42. The molecule has 1 fully saturated rings. The molecule has 0 spiro atoms. The first kappa shape index (κ1) is 19.7. The monoisotopic (exact) mass is 541 g/mol. The van der Waals surface area contributed by atoms with Crippen molar-refractivity contribution >= 4 is 73.9 Å². The number of rotatable bonds is 3. The smallest absolute Gasteiger partial charge is 0.191 e. The van der Waals surface area contributed by atoms with Crippen LogP contribution in [-0.2, 0) is 6.54 Å². The Bertz CT molecular complexity index is 689. The summed E-state index contributed by atoms with van der Waals surface area (Å²) >= 11 is 11.3. The molecule has 130 valence electrons. The number of piperazine rings is 1. The van der Waals surface area contributed by atoms with E-state index in [2.05, 4.69) is 35.7 Å². The van der Waals surface area contributed by atoms with E-state index in [0.717, 1.165) is 41.3 Å². The Morgan fingerprint density at radius 1 is 1.33 bits per heavy atom. The average molecular weight is 543 g/mol. The summed E-state index contributed by atoms with van der Waals surface area (Å²) in [7, 11) is 0. The normalized spacial score (nSPS) is 15.3. The molecule has 1 saturated heterocycles. The molecule has 0 saturated carbocycles. The van der Waals surface area contributed by atoms with Gasteiger partial charge in [-0.15, -0.1) is 35.3 Å². The highest BCUT2D eigenvalue weighted by Gasteiger charge is 2.19. The van der Waals surface area contributed by atoms with Crippen molar-refractivity contribution in [2.24, 2.45) is 10.7 Å². The van der Waals surface area contributed by atoms with E-state index in [1.807, 2.05) is 29.8 Å². The molecule has 0 bridgehead atoms. The molecule has 1 aliphatic heterocycles. The summed E-state index contributed by atoms with van der Waals surface area (Å²) < 4.78 is 0.960. The molecule has 2 N–H and O–H groups in total. The minimum absolute atomic E-state index is 0. The lowest BCUT2D eigenvalue weighted by Crippen LogP contribution is -2.51. The number of aromatic nitrogens is 1. The van der Waals surface area contributed by atoms with Gasteiger partial charge in [0.25, 0.3) is 0 Å². The van der Waals surface area contributed by atoms with E-state index in [1.54, 1.807) is 11.3 Å². The molecule has 24 heavy (non-hydrogen) atoms. The molecule has 2 heterocycles. The topological polar surface area (TPSA) is 57.8 Å². The van der Waals surface area contributed by atoms with Crippen molar-refractivity contribution in [3.8, 4) is 0 Å². The number of hydrogen-bond acceptors (Lipinski definition) is 4. The minimum atomic E-state index is 0. The summed E-state index contributed by atoms with van der Waals surface area (Å²) in [6.07, 6.45) is 1.84. The zero-order chi connectivity index (χ0) is 16.2. The summed E-state index contributed by atoms with van der Waals surface area (Å²) in [6, 6.07) is 5.79. The Labute approximate surface area is 176 Å². The van der Waals surface area contributed by atoms with Gasteiger partial charge in [-0.3, -0.25) is 0 Å². The van der Waals surface area contributed by atoms with Gasteiger partial charge in [0.2, 0.25) is 0 Å². The lowest BCUT2D eigenvalue weighted by atomic mass is 10.2. The predicted molar refractivity (Wildman–Crippen MR) is 116 cm³/mol. The van der Waals surface area contributed by atoms with E-state index in [1.165, 1.54) is 0 Å². The first-order valence-corrected chi connectivity index (χ1v) is 9.32. The highest BCUT2D eigenvalue weighted by Crippen LogP contribution is 2.22. The molecule has 5 nitrogen and oxygen atoms in total. The van der Waals surface area contributed by atoms with Crippen LogP contribution in [0.4, 0.5) is 5.13 Å². The summed E-state index contributed by atoms with van der Waals surface area (Å²) in [4.78, 5) is 13.2. The van der Waals surface area contributed by atoms with Gasteiger partial charge in [-0.05, 0) is 17.7 Å². The Hall–Kier alpha value is -0.580. The van der Waals surface area contributed by atoms with Crippen LogP contribution in [0.15, 0.2) is 39.2 Å². The van der Waals surface area contributed by atoms with E-state index < -0.39 is 0 Å². The van der Waals surface area contributed by atoms with Crippen LogP contribution in [0.25, 0.3) is 0 Å². The molecule has 2 aromatic rings. The molecule has 0 atom stereocenters. The molecule has 9 heteroatoms. The number of benzene rings is 1. The van der Waals surface area contributed by atoms with Crippen LogP contribution in [0, 0.1) is 0 Å². The van der Waals surface area contributed by atoms with Crippen LogP contribution in [0.1, 0.15) is 5.56 Å². The molecule has 0 aliphatic carbocycles. The quantitative estimate of drug-likeness (QED) is 0.364. The van der Waals surface area contributed by atoms with Crippen LogP contribution in [0.2, 0.25) is 5.02 Å². The van der Waals surface area contributed by atoms with Crippen LogP contribution < -0.4 is 10.6 Å². The zero-order valence-electron chi connectivity index (χ0n) is 12.9. The number of thiazole rings is 1. The Kier molecular flexibility index (Phi) is 7.58. The van der Waals surface area contributed by atoms with Crippen molar-refractivity contribution in [1.82, 2.24) is 9.88 Å². The van der Waals surface area contributed by atoms with E-state index in [0.29, 0.717) is 17.5 Å². The van der Waals surface area contributed by atoms with Gasteiger partial charge in [0.15, 0.2) is 11.1 Å². The molecule has 0 unspecified atom stereocenters. The molecule has 3 rings (SSSR count). The third-order valence-corrected chi connectivity index (χ3v) is 5.40. The van der Waals surface area contributed by atoms with Crippen molar-refractivity contribution < 1.29 is 0 Å². The largest absolute Gasteiger partial charge is 0.370 e. The maximum atomic E-state index is 6.21. The fraction of sp³-hybridized carbons (Fsp3) is 0.333. The second-order valence-electron chi connectivity index (χ2n) is 5.20. The van der Waals surface area contributed by atoms with Crippen molar-refractivity contribution in [3.63, 3.8) is 0 Å². The third kappa shape index (κ3) is 4.96. The lowest BCUT2D eigenvalue weighted by molar-refractivity contribution is 0.380. The molecule has 1 aromatic heterocycles. The van der Waals surface area contributed by atoms with Gasteiger partial charge in [-0.2, -0.15) is 0 Å². The SMILES string of the molecule is I.NC(=NCc1ccc(Br)cc1Cl)N1CCN(c2nccs2)CC1. The van der Waals surface area contributed by atoms with Gasteiger partial charge >= 0.3 is 0 Å². The molecule has 1 aromatic carbocycles. The summed E-state index contributed by atoms with van der Waals surface area (Å²) in [6.45, 7) is 4.00. The highest BCUT2D eigenvalue weighted by molar-refractivity contribution is 14.0. The van der Waals surface area contributed by atoms with Gasteiger partial charge in [-0.25, -0.2) is 9.98 Å². The first-order valence-electron chi connectivity index (χ1n) is 7.27. The van der Waals surface area contributed by atoms with Gasteiger partial charge in [0.1, 0.15) is 0 Å². The maximum absolute atomic E-state index is 6.21. The number of halogens is 3. The van der Waals surface area contributed by atoms with Crippen molar-refractivity contribution in [1.29, 1.82) is 0 Å². The van der Waals surface area contributed by atoms with Crippen LogP contribution in [0.3, 0.4) is 0 Å². The number of anilines is 1. The van der Waals surface area contributed by atoms with Gasteiger partial charge in [0.05, 0.1) is 6.54 Å². The van der Waals surface area contributed by atoms with E-state index in [9.17, 15) is 0 Å². The summed E-state index contributed by atoms with van der Waals surface area (Å²) in [5.74, 6) is 0.572. The highest BCUT2D eigenvalue weighted by atomic mass is 127. The van der Waals surface area contributed by atoms with Crippen LogP contribution in [-0.4, -0.2) is 42.0 Å². The van der Waals surface area contributed by atoms with Gasteiger partial charge in [0, 0.05) is 47.3 Å². The molecule has 1 aliphatic rings. The van der Waals surface area contributed by atoms with E-state index in [4.69, 9.17) is 17.3 Å². The zero-order valence-corrected chi connectivity index (χ0v) is 18.3. The number of hydrogen-bond donors (Lipinski definition) is 1. The molecular weight excluding hydrogens is 525 g/mol. The van der Waals surface area contributed by atoms with Gasteiger partial charge in [-0.1, -0.05) is 33.6 Å². The summed E-state index contributed by atoms with van der Waals surface area (Å²) in [5.41, 5.74) is 7.10. The fourth-order valence-corrected chi connectivity index (χ4v) is 3.84. The number of guanidine groups is 1. The minimum Gasteiger partial charge on any atom is -0.370 e. The first-order chi connectivity index (χ1) is 11.1. The van der Waals surface area contributed by atoms with Crippen molar-refractivity contribution in [2.45, 2.75) is 6.54 Å². The van der Waals surface area contributed by atoms with Crippen molar-refractivity contribution in [3.05, 3.63) is 44.8 Å². The Balaban J connectivity index is 0.00000208. The van der Waals surface area contributed by atoms with Crippen molar-refractivity contribution in [2.75, 3.05) is 31.1 Å². The van der Waals surface area contributed by atoms with Gasteiger partial charge < -0.3 is 15.5 Å². The Morgan fingerprint density at radius 2 is 2.08 bits per heavy atom. The average Bonchev–Trinajstić information content (AvgIpc) is 3.08. The van der Waals surface area contributed by atoms with E-state index in [-0.39, 0.29) is 24.0 Å². The maximum Gasteiger partial charge on any atom is 0.191 e. The lowest BCUT2D eigenvalue weighted by Gasteiger charge is -2.35. The second kappa shape index (κ2) is 9.21. The predicted octanol–water partition coefficient (Wildman–Crippen LogP) is 3.81. The molecular formula is C15H18BrClIN5S. The van der Waals surface area contributed by atoms with Crippen LogP contribution >= 0.6 is 62.8 Å². The summed E-state index contributed by atoms with van der Waals surface area (Å²) in [5, 5.41) is 3.77. The molecule has 0 radical (unpaired) electrons. The number of nitrogens with two attached hydrogens (primary N) is 1. The number of nitrogens with zero attached hydrogens (tertiary/aromatic N) is 4. The Morgan fingerprint density at radius 3 is 2.71 bits per heavy atom. The third-order valence-electron chi connectivity index (χ3n) is 3.72. The number of aliphatic imine (C=N–C) groups is 1. The molecule has 0 amide bonds.